The maximum absolute atomic E-state index is 11.7. The average molecular weight is 283 g/mol. The lowest BCUT2D eigenvalue weighted by Gasteiger charge is -2.19. The van der Waals surface area contributed by atoms with E-state index < -0.39 is 12.0 Å². The third-order valence-corrected chi connectivity index (χ3v) is 2.76. The largest absolute Gasteiger partial charge is 0.480 e. The first-order valence-corrected chi connectivity index (χ1v) is 6.67. The minimum absolute atomic E-state index is 0.00441. The number of nitrogens with zero attached hydrogens (tertiary/aromatic N) is 1. The molecule has 0 aromatic carbocycles. The molecule has 20 heavy (non-hydrogen) atoms. The van der Waals surface area contributed by atoms with Gasteiger partial charge in [-0.25, -0.2) is 4.79 Å². The zero-order chi connectivity index (χ0) is 15.0. The van der Waals surface area contributed by atoms with E-state index in [0.29, 0.717) is 25.4 Å². The Kier molecular flexibility index (Phi) is 6.55. The number of hydrogen-bond donors (Lipinski definition) is 3. The van der Waals surface area contributed by atoms with E-state index in [0.717, 1.165) is 17.7 Å². The number of carboxylic acid groups (broad SMARTS) is 1. The van der Waals surface area contributed by atoms with E-state index >= 15 is 0 Å². The predicted molar refractivity (Wildman–Crippen MR) is 73.2 cm³/mol. The van der Waals surface area contributed by atoms with Gasteiger partial charge in [0.25, 0.3) is 0 Å². The van der Waals surface area contributed by atoms with Crippen molar-refractivity contribution in [1.29, 1.82) is 0 Å². The zero-order valence-electron chi connectivity index (χ0n) is 11.4. The number of aliphatic carboxylic acids is 1. The summed E-state index contributed by atoms with van der Waals surface area (Å²) >= 11 is 0. The first-order valence-electron chi connectivity index (χ1n) is 6.67. The molecule has 0 aromatic heterocycles. The minimum atomic E-state index is -1.08. The molecule has 0 spiro atoms. The number of urea groups is 1. The van der Waals surface area contributed by atoms with Crippen molar-refractivity contribution in [2.45, 2.75) is 31.7 Å². The third kappa shape index (κ3) is 6.77. The van der Waals surface area contributed by atoms with Crippen molar-refractivity contribution in [2.24, 2.45) is 0 Å². The van der Waals surface area contributed by atoms with Crippen LogP contribution in [0.15, 0.2) is 12.7 Å². The fourth-order valence-electron chi connectivity index (χ4n) is 1.62. The molecule has 0 saturated heterocycles. The van der Waals surface area contributed by atoms with Crippen LogP contribution in [-0.2, 0) is 9.59 Å². The number of carbonyl (C=O) groups excluding carboxylic acids is 2. The van der Waals surface area contributed by atoms with Gasteiger partial charge in [-0.3, -0.25) is 9.59 Å². The molecule has 112 valence electrons. The number of carbonyl (C=O) groups is 3. The molecular weight excluding hydrogens is 262 g/mol. The number of carboxylic acids is 1. The topological polar surface area (TPSA) is 98.7 Å². The molecule has 1 rings (SSSR count). The maximum Gasteiger partial charge on any atom is 0.323 e. The summed E-state index contributed by atoms with van der Waals surface area (Å²) in [5.74, 6) is -1.08. The predicted octanol–water partition coefficient (Wildman–Crippen LogP) is 0.327. The van der Waals surface area contributed by atoms with Crippen molar-refractivity contribution in [1.82, 2.24) is 15.5 Å². The van der Waals surface area contributed by atoms with Crippen LogP contribution in [0.2, 0.25) is 0 Å². The van der Waals surface area contributed by atoms with Crippen LogP contribution in [0.25, 0.3) is 0 Å². The smallest absolute Gasteiger partial charge is 0.323 e. The van der Waals surface area contributed by atoms with Crippen molar-refractivity contribution in [3.63, 3.8) is 0 Å². The molecule has 0 aliphatic heterocycles. The number of rotatable bonds is 9. The van der Waals surface area contributed by atoms with Crippen molar-refractivity contribution < 1.29 is 19.5 Å². The second-order valence-corrected chi connectivity index (χ2v) is 4.74. The summed E-state index contributed by atoms with van der Waals surface area (Å²) in [4.78, 5) is 34.8. The van der Waals surface area contributed by atoms with Gasteiger partial charge in [0, 0.05) is 25.6 Å². The van der Waals surface area contributed by atoms with E-state index in [1.165, 1.54) is 6.08 Å². The Morgan fingerprint density at radius 3 is 2.60 bits per heavy atom. The number of hydrogen-bond acceptors (Lipinski definition) is 3. The Morgan fingerprint density at radius 1 is 1.35 bits per heavy atom. The van der Waals surface area contributed by atoms with Gasteiger partial charge in [0.2, 0.25) is 5.91 Å². The van der Waals surface area contributed by atoms with Crippen LogP contribution < -0.4 is 10.6 Å². The van der Waals surface area contributed by atoms with Crippen molar-refractivity contribution >= 4 is 17.9 Å². The normalized spacial score (nSPS) is 13.4. The number of nitrogens with one attached hydrogen (secondary N) is 2. The van der Waals surface area contributed by atoms with Gasteiger partial charge < -0.3 is 20.6 Å². The Balaban J connectivity index is 2.17. The highest BCUT2D eigenvalue weighted by atomic mass is 16.4. The molecule has 1 aliphatic carbocycles. The highest BCUT2D eigenvalue weighted by Crippen LogP contribution is 2.18. The van der Waals surface area contributed by atoms with Crippen LogP contribution in [0.5, 0.6) is 0 Å². The third-order valence-electron chi connectivity index (χ3n) is 2.76. The van der Waals surface area contributed by atoms with E-state index in [4.69, 9.17) is 5.11 Å². The molecule has 0 atom stereocenters. The summed E-state index contributed by atoms with van der Waals surface area (Å²) in [5, 5.41) is 14.1. The van der Waals surface area contributed by atoms with E-state index in [1.807, 2.05) is 0 Å². The lowest BCUT2D eigenvalue weighted by atomic mass is 10.3. The minimum Gasteiger partial charge on any atom is -0.480 e. The SMILES string of the molecule is C=CCN(CC(=O)O)C(=O)NCCCC(=O)NC1CC1. The molecule has 1 aliphatic rings. The first-order chi connectivity index (χ1) is 9.52. The van der Waals surface area contributed by atoms with E-state index in [9.17, 15) is 14.4 Å². The van der Waals surface area contributed by atoms with Gasteiger partial charge in [0.15, 0.2) is 0 Å². The van der Waals surface area contributed by atoms with Crippen molar-refractivity contribution in [2.75, 3.05) is 19.6 Å². The average Bonchev–Trinajstić information content (AvgIpc) is 3.17. The first kappa shape index (κ1) is 16.0. The molecule has 0 aromatic rings. The second-order valence-electron chi connectivity index (χ2n) is 4.74. The summed E-state index contributed by atoms with van der Waals surface area (Å²) in [6.07, 6.45) is 4.45. The molecule has 1 saturated carbocycles. The summed E-state index contributed by atoms with van der Waals surface area (Å²) in [5.41, 5.74) is 0. The fourth-order valence-corrected chi connectivity index (χ4v) is 1.62. The highest BCUT2D eigenvalue weighted by molar-refractivity contribution is 5.80. The second kappa shape index (κ2) is 8.19. The molecule has 3 N–H and O–H groups in total. The summed E-state index contributed by atoms with van der Waals surface area (Å²) in [7, 11) is 0. The lowest BCUT2D eigenvalue weighted by Crippen LogP contribution is -2.43. The van der Waals surface area contributed by atoms with Crippen LogP contribution in [-0.4, -0.2) is 53.6 Å². The van der Waals surface area contributed by atoms with Crippen molar-refractivity contribution in [3.8, 4) is 0 Å². The summed E-state index contributed by atoms with van der Waals surface area (Å²) in [6, 6.07) is -0.120. The van der Waals surface area contributed by atoms with Crippen LogP contribution >= 0.6 is 0 Å². The van der Waals surface area contributed by atoms with Gasteiger partial charge in [0.05, 0.1) is 0 Å². The highest BCUT2D eigenvalue weighted by Gasteiger charge is 2.22. The molecule has 3 amide bonds. The Morgan fingerprint density at radius 2 is 2.05 bits per heavy atom. The molecule has 7 heteroatoms. The van der Waals surface area contributed by atoms with Gasteiger partial charge in [-0.05, 0) is 19.3 Å². The van der Waals surface area contributed by atoms with Crippen molar-refractivity contribution in [3.05, 3.63) is 12.7 Å². The van der Waals surface area contributed by atoms with E-state index in [2.05, 4.69) is 17.2 Å². The molecule has 0 unspecified atom stereocenters. The van der Waals surface area contributed by atoms with E-state index in [-0.39, 0.29) is 19.0 Å². The zero-order valence-corrected chi connectivity index (χ0v) is 11.4. The van der Waals surface area contributed by atoms with Crippen LogP contribution in [0, 0.1) is 0 Å². The fraction of sp³-hybridized carbons (Fsp3) is 0.615. The lowest BCUT2D eigenvalue weighted by molar-refractivity contribution is -0.137. The van der Waals surface area contributed by atoms with Gasteiger partial charge in [-0.2, -0.15) is 0 Å². The Hall–Kier alpha value is -2.05. The monoisotopic (exact) mass is 283 g/mol. The standard InChI is InChI=1S/C13H21N3O4/c1-2-8-16(9-12(18)19)13(20)14-7-3-4-11(17)15-10-5-6-10/h2,10H,1,3-9H2,(H,14,20)(H,15,17)(H,18,19). The maximum atomic E-state index is 11.7. The number of amides is 3. The van der Waals surface area contributed by atoms with Gasteiger partial charge in [0.1, 0.15) is 6.54 Å². The Bertz CT molecular complexity index is 380. The molecule has 1 fully saturated rings. The molecule has 0 bridgehead atoms. The van der Waals surface area contributed by atoms with E-state index in [1.54, 1.807) is 0 Å². The van der Waals surface area contributed by atoms with Gasteiger partial charge in [-0.15, -0.1) is 6.58 Å². The molecule has 0 radical (unpaired) electrons. The molecule has 0 heterocycles. The van der Waals surface area contributed by atoms with Crippen LogP contribution in [0.1, 0.15) is 25.7 Å². The summed E-state index contributed by atoms with van der Waals surface area (Å²) < 4.78 is 0. The molecular formula is C13H21N3O4. The van der Waals surface area contributed by atoms with Gasteiger partial charge >= 0.3 is 12.0 Å². The van der Waals surface area contributed by atoms with Crippen LogP contribution in [0.3, 0.4) is 0 Å². The molecule has 7 nitrogen and oxygen atoms in total. The Labute approximate surface area is 118 Å². The van der Waals surface area contributed by atoms with Gasteiger partial charge in [-0.1, -0.05) is 6.08 Å². The quantitative estimate of drug-likeness (QED) is 0.419. The summed E-state index contributed by atoms with van der Waals surface area (Å²) in [6.45, 7) is 3.61. The van der Waals surface area contributed by atoms with Crippen LogP contribution in [0.4, 0.5) is 4.79 Å².